The maximum absolute atomic E-state index is 9.25. The average Bonchev–Trinajstić information content (AvgIpc) is 2.28. The maximum atomic E-state index is 9.25. The summed E-state index contributed by atoms with van der Waals surface area (Å²) in [7, 11) is 0. The van der Waals surface area contributed by atoms with Crippen molar-refractivity contribution in [2.24, 2.45) is 5.73 Å². The Bertz CT molecular complexity index is 378. The van der Waals surface area contributed by atoms with Gasteiger partial charge in [0.2, 0.25) is 0 Å². The van der Waals surface area contributed by atoms with Gasteiger partial charge in [-0.1, -0.05) is 37.8 Å². The number of hydrogen-bond donors (Lipinski definition) is 2. The predicted octanol–water partition coefficient (Wildman–Crippen LogP) is 2.70. The van der Waals surface area contributed by atoms with E-state index in [0.29, 0.717) is 0 Å². The van der Waals surface area contributed by atoms with Crippen molar-refractivity contribution in [2.75, 3.05) is 0 Å². The third-order valence-electron chi connectivity index (χ3n) is 2.27. The molecule has 0 aliphatic rings. The van der Waals surface area contributed by atoms with Crippen LogP contribution in [-0.2, 0) is 16.8 Å². The molecule has 0 heterocycles. The molecule has 0 fully saturated rings. The Labute approximate surface area is 103 Å². The molecular weight excluding hydrogens is 214 g/mol. The van der Waals surface area contributed by atoms with Crippen LogP contribution in [0, 0.1) is 0 Å². The van der Waals surface area contributed by atoms with Gasteiger partial charge in [0.25, 0.3) is 0 Å². The van der Waals surface area contributed by atoms with Crippen LogP contribution in [0.3, 0.4) is 0 Å². The van der Waals surface area contributed by atoms with Crippen LogP contribution in [0.5, 0.6) is 0 Å². The molecular formula is C14H21NO2. The van der Waals surface area contributed by atoms with E-state index < -0.39 is 5.97 Å². The first-order valence-corrected chi connectivity index (χ1v) is 5.55. The second-order valence-electron chi connectivity index (χ2n) is 4.27. The summed E-state index contributed by atoms with van der Waals surface area (Å²) in [6.45, 7) is 9.20. The fourth-order valence-electron chi connectivity index (χ4n) is 1.46. The predicted molar refractivity (Wildman–Crippen MR) is 70.9 cm³/mol. The van der Waals surface area contributed by atoms with Gasteiger partial charge in [-0.3, -0.25) is 0 Å². The molecule has 0 aliphatic carbocycles. The Kier molecular flexibility index (Phi) is 6.21. The fraction of sp³-hybridized carbons (Fsp3) is 0.357. The minimum absolute atomic E-state index is 0.216. The number of benzene rings is 1. The molecule has 3 heteroatoms. The van der Waals surface area contributed by atoms with Crippen LogP contribution in [0.1, 0.15) is 31.9 Å². The van der Waals surface area contributed by atoms with Gasteiger partial charge in [0, 0.05) is 11.6 Å². The van der Waals surface area contributed by atoms with Gasteiger partial charge in [-0.15, -0.1) is 0 Å². The van der Waals surface area contributed by atoms with Crippen molar-refractivity contribution in [3.8, 4) is 0 Å². The number of hydrogen-bond acceptors (Lipinski definition) is 2. The largest absolute Gasteiger partial charge is 0.478 e. The van der Waals surface area contributed by atoms with E-state index in [9.17, 15) is 4.79 Å². The third kappa shape index (κ3) is 5.88. The van der Waals surface area contributed by atoms with E-state index >= 15 is 0 Å². The molecule has 0 unspecified atom stereocenters. The van der Waals surface area contributed by atoms with Crippen LogP contribution in [-0.4, -0.2) is 11.1 Å². The SMILES string of the molecule is C=CC(=O)O.CCc1ccccc1C(C)(C)N. The summed E-state index contributed by atoms with van der Waals surface area (Å²) in [4.78, 5) is 9.25. The highest BCUT2D eigenvalue weighted by molar-refractivity contribution is 5.78. The van der Waals surface area contributed by atoms with E-state index in [0.717, 1.165) is 12.5 Å². The van der Waals surface area contributed by atoms with E-state index in [1.807, 2.05) is 19.9 Å². The number of nitrogens with two attached hydrogens (primary N) is 1. The average molecular weight is 235 g/mol. The first-order chi connectivity index (χ1) is 7.82. The molecule has 3 N–H and O–H groups in total. The van der Waals surface area contributed by atoms with E-state index in [-0.39, 0.29) is 5.54 Å². The quantitative estimate of drug-likeness (QED) is 0.792. The number of rotatable bonds is 3. The monoisotopic (exact) mass is 235 g/mol. The number of carboxylic acid groups (broad SMARTS) is 1. The first-order valence-electron chi connectivity index (χ1n) is 5.55. The Morgan fingerprint density at radius 3 is 2.24 bits per heavy atom. The normalized spacial score (nSPS) is 10.1. The minimum atomic E-state index is -0.981. The van der Waals surface area contributed by atoms with E-state index in [2.05, 4.69) is 31.7 Å². The van der Waals surface area contributed by atoms with Crippen molar-refractivity contribution in [3.63, 3.8) is 0 Å². The zero-order valence-electron chi connectivity index (χ0n) is 10.7. The molecule has 1 aromatic carbocycles. The van der Waals surface area contributed by atoms with Crippen LogP contribution in [0.2, 0.25) is 0 Å². The summed E-state index contributed by atoms with van der Waals surface area (Å²) >= 11 is 0. The second kappa shape index (κ2) is 6.86. The molecule has 94 valence electrons. The van der Waals surface area contributed by atoms with Crippen LogP contribution in [0.15, 0.2) is 36.9 Å². The Balaban J connectivity index is 0.000000437. The lowest BCUT2D eigenvalue weighted by Crippen LogP contribution is -2.29. The van der Waals surface area contributed by atoms with Crippen LogP contribution in [0.25, 0.3) is 0 Å². The summed E-state index contributed by atoms with van der Waals surface area (Å²) in [6, 6.07) is 8.36. The molecule has 1 rings (SSSR count). The van der Waals surface area contributed by atoms with Crippen molar-refractivity contribution in [3.05, 3.63) is 48.0 Å². The second-order valence-corrected chi connectivity index (χ2v) is 4.27. The van der Waals surface area contributed by atoms with Crippen molar-refractivity contribution in [1.82, 2.24) is 0 Å². The van der Waals surface area contributed by atoms with Crippen molar-refractivity contribution in [2.45, 2.75) is 32.7 Å². The smallest absolute Gasteiger partial charge is 0.327 e. The van der Waals surface area contributed by atoms with Gasteiger partial charge in [0.05, 0.1) is 0 Å². The molecule has 0 saturated carbocycles. The summed E-state index contributed by atoms with van der Waals surface area (Å²) in [5, 5.41) is 7.60. The number of aliphatic carboxylic acids is 1. The summed E-state index contributed by atoms with van der Waals surface area (Å²) < 4.78 is 0. The molecule has 1 aromatic rings. The standard InChI is InChI=1S/C11H17N.C3H4O2/c1-4-9-7-5-6-8-10(9)11(2,3)12;1-2-3(4)5/h5-8H,4,12H2,1-3H3;2H,1H2,(H,4,5). The molecule has 0 saturated heterocycles. The highest BCUT2D eigenvalue weighted by Gasteiger charge is 2.16. The van der Waals surface area contributed by atoms with Gasteiger partial charge in [0.1, 0.15) is 0 Å². The molecule has 0 radical (unpaired) electrons. The summed E-state index contributed by atoms with van der Waals surface area (Å²) in [5.74, 6) is -0.981. The van der Waals surface area contributed by atoms with Crippen molar-refractivity contribution >= 4 is 5.97 Å². The van der Waals surface area contributed by atoms with Crippen LogP contribution >= 0.6 is 0 Å². The Morgan fingerprint density at radius 1 is 1.47 bits per heavy atom. The van der Waals surface area contributed by atoms with Crippen LogP contribution < -0.4 is 5.73 Å². The zero-order valence-corrected chi connectivity index (χ0v) is 10.7. The lowest BCUT2D eigenvalue weighted by molar-refractivity contribution is -0.131. The number of carboxylic acids is 1. The fourth-order valence-corrected chi connectivity index (χ4v) is 1.46. The summed E-state index contributed by atoms with van der Waals surface area (Å²) in [5.41, 5.74) is 8.43. The van der Waals surface area contributed by atoms with Gasteiger partial charge < -0.3 is 10.8 Å². The zero-order chi connectivity index (χ0) is 13.5. The number of aryl methyl sites for hydroxylation is 1. The molecule has 0 aromatic heterocycles. The molecule has 0 aliphatic heterocycles. The third-order valence-corrected chi connectivity index (χ3v) is 2.27. The molecule has 0 atom stereocenters. The number of carbonyl (C=O) groups is 1. The summed E-state index contributed by atoms with van der Waals surface area (Å²) in [6.07, 6.45) is 1.89. The van der Waals surface area contributed by atoms with Gasteiger partial charge in [0.15, 0.2) is 0 Å². The van der Waals surface area contributed by atoms with Crippen LogP contribution in [0.4, 0.5) is 0 Å². The molecule has 17 heavy (non-hydrogen) atoms. The molecule has 3 nitrogen and oxygen atoms in total. The lowest BCUT2D eigenvalue weighted by Gasteiger charge is -2.22. The highest BCUT2D eigenvalue weighted by Crippen LogP contribution is 2.21. The van der Waals surface area contributed by atoms with E-state index in [1.165, 1.54) is 11.1 Å². The minimum Gasteiger partial charge on any atom is -0.478 e. The molecule has 0 amide bonds. The first kappa shape index (κ1) is 15.4. The van der Waals surface area contributed by atoms with E-state index in [4.69, 9.17) is 10.8 Å². The topological polar surface area (TPSA) is 63.3 Å². The highest BCUT2D eigenvalue weighted by atomic mass is 16.4. The maximum Gasteiger partial charge on any atom is 0.327 e. The Hall–Kier alpha value is -1.61. The lowest BCUT2D eigenvalue weighted by atomic mass is 9.90. The van der Waals surface area contributed by atoms with Gasteiger partial charge in [-0.2, -0.15) is 0 Å². The Morgan fingerprint density at radius 2 is 1.94 bits per heavy atom. The van der Waals surface area contributed by atoms with Crippen molar-refractivity contribution in [1.29, 1.82) is 0 Å². The molecule has 0 spiro atoms. The van der Waals surface area contributed by atoms with E-state index in [1.54, 1.807) is 0 Å². The van der Waals surface area contributed by atoms with Crippen molar-refractivity contribution < 1.29 is 9.90 Å². The van der Waals surface area contributed by atoms with Gasteiger partial charge in [-0.05, 0) is 31.4 Å². The van der Waals surface area contributed by atoms with Gasteiger partial charge >= 0.3 is 5.97 Å². The molecule has 0 bridgehead atoms. The van der Waals surface area contributed by atoms with Gasteiger partial charge in [-0.25, -0.2) is 4.79 Å².